The van der Waals surface area contributed by atoms with E-state index in [2.05, 4.69) is 9.59 Å². The first-order chi connectivity index (χ1) is 15.8. The zero-order valence-electron chi connectivity index (χ0n) is 18.0. The van der Waals surface area contributed by atoms with E-state index in [0.29, 0.717) is 18.4 Å². The molecule has 1 aromatic heterocycles. The molecular formula is C24H22F3N3O2S. The monoisotopic (exact) mass is 473 g/mol. The molecule has 0 radical (unpaired) electrons. The second kappa shape index (κ2) is 9.43. The van der Waals surface area contributed by atoms with Crippen molar-refractivity contribution < 1.29 is 22.8 Å². The lowest BCUT2D eigenvalue weighted by Crippen LogP contribution is -2.23. The van der Waals surface area contributed by atoms with Gasteiger partial charge in [0.1, 0.15) is 6.29 Å². The number of halogens is 3. The maximum Gasteiger partial charge on any atom is 0.416 e. The van der Waals surface area contributed by atoms with Crippen molar-refractivity contribution in [2.45, 2.75) is 51.7 Å². The van der Waals surface area contributed by atoms with Crippen LogP contribution in [-0.4, -0.2) is 21.8 Å². The molecule has 3 aromatic rings. The summed E-state index contributed by atoms with van der Waals surface area (Å²) in [6.45, 7) is 1.71. The normalized spacial score (nSPS) is 14.9. The molecule has 1 saturated carbocycles. The van der Waals surface area contributed by atoms with Crippen LogP contribution in [0.5, 0.6) is 0 Å². The lowest BCUT2D eigenvalue weighted by Gasteiger charge is -2.17. The second-order valence-electron chi connectivity index (χ2n) is 8.14. The predicted octanol–water partition coefficient (Wildman–Crippen LogP) is 5.99. The molecule has 2 heterocycles. The fourth-order valence-electron chi connectivity index (χ4n) is 3.65. The van der Waals surface area contributed by atoms with Gasteiger partial charge in [-0.1, -0.05) is 42.3 Å². The number of aromatic nitrogens is 2. The summed E-state index contributed by atoms with van der Waals surface area (Å²) in [6.07, 6.45) is 2.17. The van der Waals surface area contributed by atoms with E-state index >= 15 is 0 Å². The molecule has 0 N–H and O–H groups in total. The van der Waals surface area contributed by atoms with Gasteiger partial charge in [-0.15, -0.1) is 5.10 Å². The molecule has 2 aromatic carbocycles. The van der Waals surface area contributed by atoms with E-state index in [4.69, 9.17) is 0 Å². The Morgan fingerprint density at radius 3 is 2.42 bits per heavy atom. The summed E-state index contributed by atoms with van der Waals surface area (Å²) in [4.78, 5) is 26.2. The van der Waals surface area contributed by atoms with Gasteiger partial charge in [0.15, 0.2) is 0 Å². The molecule has 9 heteroatoms. The van der Waals surface area contributed by atoms with Gasteiger partial charge in [0.25, 0.3) is 5.91 Å². The van der Waals surface area contributed by atoms with E-state index < -0.39 is 17.6 Å². The second-order valence-corrected chi connectivity index (χ2v) is 9.10. The van der Waals surface area contributed by atoms with Gasteiger partial charge in [-0.25, -0.2) is 0 Å². The van der Waals surface area contributed by atoms with Crippen molar-refractivity contribution >= 4 is 29.4 Å². The third-order valence-electron chi connectivity index (χ3n) is 5.85. The summed E-state index contributed by atoms with van der Waals surface area (Å²) in [5.74, 6) is -0.558. The molecule has 172 valence electrons. The van der Waals surface area contributed by atoms with Crippen molar-refractivity contribution in [1.29, 1.82) is 0 Å². The van der Waals surface area contributed by atoms with Crippen LogP contribution in [0.2, 0.25) is 0 Å². The number of hydrogen-bond donors (Lipinski definition) is 0. The van der Waals surface area contributed by atoms with Gasteiger partial charge in [0, 0.05) is 28.1 Å². The van der Waals surface area contributed by atoms with Crippen molar-refractivity contribution in [2.24, 2.45) is 0 Å². The van der Waals surface area contributed by atoms with E-state index in [1.807, 2.05) is 13.0 Å². The molecule has 1 fully saturated rings. The number of carbonyl (C=O) groups is 2. The number of alkyl halides is 3. The lowest BCUT2D eigenvalue weighted by atomic mass is 9.99. The minimum atomic E-state index is -4.66. The van der Waals surface area contributed by atoms with Crippen molar-refractivity contribution in [3.05, 3.63) is 74.8 Å². The largest absolute Gasteiger partial charge is 0.416 e. The number of benzene rings is 2. The third kappa shape index (κ3) is 4.98. The molecule has 33 heavy (non-hydrogen) atoms. The van der Waals surface area contributed by atoms with Crippen LogP contribution in [0.1, 0.15) is 73.7 Å². The average molecular weight is 474 g/mol. The Morgan fingerprint density at radius 1 is 1.12 bits per heavy atom. The highest BCUT2D eigenvalue weighted by atomic mass is 32.1. The molecule has 0 saturated heterocycles. The zero-order valence-corrected chi connectivity index (χ0v) is 18.8. The Morgan fingerprint density at radius 2 is 1.85 bits per heavy atom. The fraction of sp³-hybridized carbons (Fsp3) is 0.333. The van der Waals surface area contributed by atoms with Crippen molar-refractivity contribution in [1.82, 2.24) is 9.59 Å². The number of aldehydes is 1. The van der Waals surface area contributed by atoms with Gasteiger partial charge in [0.2, 0.25) is 0 Å². The summed E-state index contributed by atoms with van der Waals surface area (Å²) in [6, 6.07) is 9.05. The molecule has 5 rings (SSSR count). The maximum atomic E-state index is 13.5. The Labute approximate surface area is 193 Å². The molecule has 1 aliphatic carbocycles. The highest BCUT2D eigenvalue weighted by Gasteiger charge is 2.40. The number of anilines is 1. The zero-order chi connectivity index (χ0) is 23.6. The van der Waals surface area contributed by atoms with Gasteiger partial charge in [-0.05, 0) is 53.8 Å². The molecule has 5 nitrogen and oxygen atoms in total. The Bertz CT molecular complexity index is 1180. The molecule has 0 bridgehead atoms. The predicted molar refractivity (Wildman–Crippen MR) is 120 cm³/mol. The molecule has 1 aliphatic heterocycles. The van der Waals surface area contributed by atoms with E-state index in [1.54, 1.807) is 18.2 Å². The fourth-order valence-corrected chi connectivity index (χ4v) is 4.13. The Hall–Kier alpha value is -3.07. The maximum absolute atomic E-state index is 13.5. The van der Waals surface area contributed by atoms with Crippen LogP contribution >= 0.6 is 11.5 Å². The average Bonchev–Trinajstić information content (AvgIpc) is 3.28. The standard InChI is InChI=1S/C20H14F3N3O2S.C4H8/c1-11-18(24-25-29-11)8-12-3-2-4-14(5-12)26-9-16-15(19(26)28)6-13(10-27)7-17(16)20(21,22)23;1-2-4-3-1/h2-7,10H,8-9H2,1H3;1-4H2. The number of rotatable bonds is 4. The molecule has 2 aliphatic rings. The molecule has 1 amide bonds. The molecule has 0 atom stereocenters. The van der Waals surface area contributed by atoms with Crippen molar-refractivity contribution in [3.63, 3.8) is 0 Å². The quantitative estimate of drug-likeness (QED) is 0.437. The van der Waals surface area contributed by atoms with Gasteiger partial charge < -0.3 is 4.90 Å². The summed E-state index contributed by atoms with van der Waals surface area (Å²) in [7, 11) is 0. The van der Waals surface area contributed by atoms with Crippen LogP contribution < -0.4 is 4.90 Å². The van der Waals surface area contributed by atoms with Gasteiger partial charge in [-0.2, -0.15) is 13.2 Å². The number of amides is 1. The molecular weight excluding hydrogens is 451 g/mol. The van der Waals surface area contributed by atoms with E-state index in [9.17, 15) is 22.8 Å². The van der Waals surface area contributed by atoms with Gasteiger partial charge in [0.05, 0.1) is 17.8 Å². The molecule has 0 unspecified atom stereocenters. The van der Waals surface area contributed by atoms with Crippen LogP contribution in [0.25, 0.3) is 0 Å². The van der Waals surface area contributed by atoms with E-state index in [-0.39, 0.29) is 23.2 Å². The minimum absolute atomic E-state index is 0.0909. The summed E-state index contributed by atoms with van der Waals surface area (Å²) < 4.78 is 44.3. The first-order valence-corrected chi connectivity index (χ1v) is 11.4. The van der Waals surface area contributed by atoms with Crippen LogP contribution in [0.4, 0.5) is 18.9 Å². The topological polar surface area (TPSA) is 63.2 Å². The first-order valence-electron chi connectivity index (χ1n) is 10.7. The number of carbonyl (C=O) groups excluding carboxylic acids is 2. The summed E-state index contributed by atoms with van der Waals surface area (Å²) in [5, 5.41) is 4.07. The minimum Gasteiger partial charge on any atom is -0.304 e. The summed E-state index contributed by atoms with van der Waals surface area (Å²) >= 11 is 1.29. The van der Waals surface area contributed by atoms with Crippen molar-refractivity contribution in [3.8, 4) is 0 Å². The van der Waals surface area contributed by atoms with Gasteiger partial charge in [-0.3, -0.25) is 9.59 Å². The van der Waals surface area contributed by atoms with Crippen LogP contribution in [-0.2, 0) is 19.1 Å². The van der Waals surface area contributed by atoms with Crippen LogP contribution in [0.3, 0.4) is 0 Å². The van der Waals surface area contributed by atoms with Crippen molar-refractivity contribution in [2.75, 3.05) is 4.90 Å². The number of fused-ring (bicyclic) bond motifs is 1. The SMILES string of the molecule is C1CCC1.Cc1snnc1Cc1cccc(N2Cc3c(cc(C=O)cc3C(F)(F)F)C2=O)c1. The lowest BCUT2D eigenvalue weighted by molar-refractivity contribution is -0.138. The van der Waals surface area contributed by atoms with E-state index in [0.717, 1.165) is 22.2 Å². The number of aryl methyl sites for hydroxylation is 1. The Kier molecular flexibility index (Phi) is 6.60. The van der Waals surface area contributed by atoms with E-state index in [1.165, 1.54) is 48.2 Å². The highest BCUT2D eigenvalue weighted by molar-refractivity contribution is 7.05. The highest BCUT2D eigenvalue weighted by Crippen LogP contribution is 2.39. The third-order valence-corrected chi connectivity index (χ3v) is 6.52. The number of hydrogen-bond acceptors (Lipinski definition) is 5. The molecule has 0 spiro atoms. The first kappa shape index (κ1) is 23.1. The smallest absolute Gasteiger partial charge is 0.304 e. The van der Waals surface area contributed by atoms with Crippen LogP contribution in [0, 0.1) is 6.92 Å². The summed E-state index contributed by atoms with van der Waals surface area (Å²) in [5.41, 5.74) is 0.847. The van der Waals surface area contributed by atoms with Gasteiger partial charge >= 0.3 is 6.18 Å². The van der Waals surface area contributed by atoms with Crippen LogP contribution in [0.15, 0.2) is 36.4 Å². The number of nitrogens with zero attached hydrogens (tertiary/aromatic N) is 3. The Balaban J connectivity index is 0.000000586.